The maximum atomic E-state index is 13.0. The molecule has 0 radical (unpaired) electrons. The molecule has 4 aromatic rings. The highest BCUT2D eigenvalue weighted by Crippen LogP contribution is 2.20. The van der Waals surface area contributed by atoms with E-state index < -0.39 is 0 Å². The van der Waals surface area contributed by atoms with Crippen LogP contribution in [0.25, 0.3) is 0 Å². The molecule has 2 aromatic carbocycles. The summed E-state index contributed by atoms with van der Waals surface area (Å²) >= 11 is 1.25. The van der Waals surface area contributed by atoms with Gasteiger partial charge in [0, 0.05) is 17.7 Å². The normalized spacial score (nSPS) is 10.6. The number of nitrogens with zero attached hydrogens (tertiary/aromatic N) is 2. The molecule has 0 aliphatic heterocycles. The second-order valence-electron chi connectivity index (χ2n) is 6.27. The molecule has 2 aromatic heterocycles. The van der Waals surface area contributed by atoms with Gasteiger partial charge in [-0.05, 0) is 54.1 Å². The van der Waals surface area contributed by atoms with E-state index in [1.807, 2.05) is 0 Å². The van der Waals surface area contributed by atoms with Gasteiger partial charge < -0.3 is 9.73 Å². The summed E-state index contributed by atoms with van der Waals surface area (Å²) in [5.41, 5.74) is 1.84. The molecule has 0 saturated heterocycles. The minimum absolute atomic E-state index is 0.199. The number of benzene rings is 2. The standard InChI is InChI=1S/C21H15FN4O3S/c22-15-7-3-13(4-8-15)12-18-25-26-21(30-18)24-19(27)14-5-9-16(10-6-14)23-20(28)17-2-1-11-29-17/h1-11H,12H2,(H,23,28)(H,24,26,27). The predicted molar refractivity (Wildman–Crippen MR) is 110 cm³/mol. The Bertz CT molecular complexity index is 1160. The second kappa shape index (κ2) is 8.66. The predicted octanol–water partition coefficient (Wildman–Crippen LogP) is 4.37. The Kier molecular flexibility index (Phi) is 5.62. The van der Waals surface area contributed by atoms with Crippen LogP contribution in [0, 0.1) is 5.82 Å². The summed E-state index contributed by atoms with van der Waals surface area (Å²) in [6.45, 7) is 0. The van der Waals surface area contributed by atoms with E-state index in [4.69, 9.17) is 4.42 Å². The van der Waals surface area contributed by atoms with Crippen molar-refractivity contribution in [1.29, 1.82) is 0 Å². The van der Waals surface area contributed by atoms with Gasteiger partial charge in [-0.1, -0.05) is 23.5 Å². The highest BCUT2D eigenvalue weighted by molar-refractivity contribution is 7.15. The largest absolute Gasteiger partial charge is 0.459 e. The molecule has 9 heteroatoms. The molecule has 0 aliphatic carbocycles. The van der Waals surface area contributed by atoms with Crippen LogP contribution in [0.4, 0.5) is 15.2 Å². The van der Waals surface area contributed by atoms with E-state index in [-0.39, 0.29) is 23.4 Å². The lowest BCUT2D eigenvalue weighted by atomic mass is 10.2. The summed E-state index contributed by atoms with van der Waals surface area (Å²) < 4.78 is 18.0. The van der Waals surface area contributed by atoms with Gasteiger partial charge in [0.25, 0.3) is 11.8 Å². The lowest BCUT2D eigenvalue weighted by Crippen LogP contribution is -2.13. The van der Waals surface area contributed by atoms with Crippen molar-refractivity contribution in [2.45, 2.75) is 6.42 Å². The van der Waals surface area contributed by atoms with Gasteiger partial charge in [-0.2, -0.15) is 0 Å². The van der Waals surface area contributed by atoms with Crippen LogP contribution < -0.4 is 10.6 Å². The number of carbonyl (C=O) groups excluding carboxylic acids is 2. The number of rotatable bonds is 6. The van der Waals surface area contributed by atoms with E-state index in [0.717, 1.165) is 5.56 Å². The maximum Gasteiger partial charge on any atom is 0.291 e. The fourth-order valence-electron chi connectivity index (χ4n) is 2.63. The Balaban J connectivity index is 1.35. The molecule has 0 aliphatic rings. The average molecular weight is 422 g/mol. The third-order valence-corrected chi connectivity index (χ3v) is 4.94. The fourth-order valence-corrected chi connectivity index (χ4v) is 3.40. The van der Waals surface area contributed by atoms with Crippen molar-refractivity contribution in [3.8, 4) is 0 Å². The molecule has 0 unspecified atom stereocenters. The first kappa shape index (κ1) is 19.5. The van der Waals surface area contributed by atoms with Gasteiger partial charge in [0.05, 0.1) is 6.26 Å². The zero-order chi connectivity index (χ0) is 20.9. The van der Waals surface area contributed by atoms with E-state index in [0.29, 0.717) is 27.8 Å². The third-order valence-electron chi connectivity index (χ3n) is 4.11. The molecule has 4 rings (SSSR count). The molecule has 7 nitrogen and oxygen atoms in total. The number of amides is 2. The molecule has 0 spiro atoms. The number of hydrogen-bond acceptors (Lipinski definition) is 6. The van der Waals surface area contributed by atoms with Gasteiger partial charge in [-0.15, -0.1) is 10.2 Å². The van der Waals surface area contributed by atoms with Crippen molar-refractivity contribution in [2.24, 2.45) is 0 Å². The van der Waals surface area contributed by atoms with Gasteiger partial charge in [-0.3, -0.25) is 14.9 Å². The van der Waals surface area contributed by atoms with Crippen LogP contribution in [-0.2, 0) is 6.42 Å². The van der Waals surface area contributed by atoms with Crippen molar-refractivity contribution in [2.75, 3.05) is 10.6 Å². The molecule has 0 bridgehead atoms. The molecular formula is C21H15FN4O3S. The highest BCUT2D eigenvalue weighted by Gasteiger charge is 2.12. The van der Waals surface area contributed by atoms with Crippen molar-refractivity contribution in [3.63, 3.8) is 0 Å². The summed E-state index contributed by atoms with van der Waals surface area (Å²) in [7, 11) is 0. The number of halogens is 1. The van der Waals surface area contributed by atoms with Crippen molar-refractivity contribution >= 4 is 34.0 Å². The van der Waals surface area contributed by atoms with Crippen LogP contribution in [0.3, 0.4) is 0 Å². The van der Waals surface area contributed by atoms with Gasteiger partial charge in [0.2, 0.25) is 5.13 Å². The summed E-state index contributed by atoms with van der Waals surface area (Å²) in [5, 5.41) is 14.5. The van der Waals surface area contributed by atoms with Crippen LogP contribution in [0.2, 0.25) is 0 Å². The monoisotopic (exact) mass is 422 g/mol. The second-order valence-corrected chi connectivity index (χ2v) is 7.33. The molecule has 0 atom stereocenters. The van der Waals surface area contributed by atoms with Crippen LogP contribution in [-0.4, -0.2) is 22.0 Å². The SMILES string of the molecule is O=C(Nc1nnc(Cc2ccc(F)cc2)s1)c1ccc(NC(=O)c2ccco2)cc1. The lowest BCUT2D eigenvalue weighted by molar-refractivity contribution is 0.0995. The van der Waals surface area contributed by atoms with Crippen LogP contribution in [0.15, 0.2) is 71.3 Å². The highest BCUT2D eigenvalue weighted by atomic mass is 32.1. The summed E-state index contributed by atoms with van der Waals surface area (Å²) in [5.74, 6) is -0.816. The quantitative estimate of drug-likeness (QED) is 0.481. The van der Waals surface area contributed by atoms with Crippen LogP contribution in [0.5, 0.6) is 0 Å². The molecule has 150 valence electrons. The zero-order valence-electron chi connectivity index (χ0n) is 15.5. The van der Waals surface area contributed by atoms with E-state index >= 15 is 0 Å². The number of hydrogen-bond donors (Lipinski definition) is 2. The van der Waals surface area contributed by atoms with Crippen molar-refractivity contribution < 1.29 is 18.4 Å². The smallest absolute Gasteiger partial charge is 0.291 e. The summed E-state index contributed by atoms with van der Waals surface area (Å²) in [6, 6.07) is 15.7. The Morgan fingerprint density at radius 3 is 2.40 bits per heavy atom. The first-order valence-electron chi connectivity index (χ1n) is 8.90. The minimum Gasteiger partial charge on any atom is -0.459 e. The van der Waals surface area contributed by atoms with Crippen LogP contribution in [0.1, 0.15) is 31.5 Å². The number of aromatic nitrogens is 2. The number of nitrogens with one attached hydrogen (secondary N) is 2. The Labute approximate surface area is 174 Å². The fraction of sp³-hybridized carbons (Fsp3) is 0.0476. The molecule has 2 N–H and O–H groups in total. The van der Waals surface area contributed by atoms with E-state index in [2.05, 4.69) is 20.8 Å². The van der Waals surface area contributed by atoms with Crippen LogP contribution >= 0.6 is 11.3 Å². The number of furan rings is 1. The van der Waals surface area contributed by atoms with Gasteiger partial charge in [0.1, 0.15) is 10.8 Å². The van der Waals surface area contributed by atoms with Gasteiger partial charge in [-0.25, -0.2) is 4.39 Å². The lowest BCUT2D eigenvalue weighted by Gasteiger charge is -2.05. The van der Waals surface area contributed by atoms with E-state index in [1.54, 1.807) is 48.5 Å². The Morgan fingerprint density at radius 2 is 1.70 bits per heavy atom. The summed E-state index contributed by atoms with van der Waals surface area (Å²) in [6.07, 6.45) is 1.92. The van der Waals surface area contributed by atoms with Gasteiger partial charge in [0.15, 0.2) is 5.76 Å². The van der Waals surface area contributed by atoms with Crippen molar-refractivity contribution in [3.05, 3.63) is 94.6 Å². The van der Waals surface area contributed by atoms with Crippen molar-refractivity contribution in [1.82, 2.24) is 10.2 Å². The maximum absolute atomic E-state index is 13.0. The Morgan fingerprint density at radius 1 is 0.933 bits per heavy atom. The molecule has 0 fully saturated rings. The topological polar surface area (TPSA) is 97.1 Å². The van der Waals surface area contributed by atoms with E-state index in [9.17, 15) is 14.0 Å². The minimum atomic E-state index is -0.375. The first-order valence-corrected chi connectivity index (χ1v) is 9.71. The summed E-state index contributed by atoms with van der Waals surface area (Å²) in [4.78, 5) is 24.4. The molecule has 0 saturated carbocycles. The molecule has 2 heterocycles. The third kappa shape index (κ3) is 4.76. The molecular weight excluding hydrogens is 407 g/mol. The Hall–Kier alpha value is -3.85. The first-order chi connectivity index (χ1) is 14.6. The van der Waals surface area contributed by atoms with E-state index in [1.165, 1.54) is 29.7 Å². The number of anilines is 2. The average Bonchev–Trinajstić information content (AvgIpc) is 3.43. The van der Waals surface area contributed by atoms with Gasteiger partial charge >= 0.3 is 0 Å². The zero-order valence-corrected chi connectivity index (χ0v) is 16.3. The molecule has 30 heavy (non-hydrogen) atoms. The number of carbonyl (C=O) groups is 2. The molecule has 2 amide bonds.